The van der Waals surface area contributed by atoms with Crippen LogP contribution in [0.5, 0.6) is 0 Å². The second-order valence-corrected chi connectivity index (χ2v) is 8.82. The maximum Gasteiger partial charge on any atom is 0.270 e. The van der Waals surface area contributed by atoms with E-state index in [0.29, 0.717) is 20.7 Å². The Morgan fingerprint density at radius 2 is 2.04 bits per heavy atom. The van der Waals surface area contributed by atoms with Gasteiger partial charge in [-0.1, -0.05) is 30.9 Å². The molecule has 0 saturated carbocycles. The Hall–Kier alpha value is -2.11. The van der Waals surface area contributed by atoms with E-state index in [4.69, 9.17) is 12.2 Å². The fourth-order valence-electron chi connectivity index (χ4n) is 3.65. The maximum absolute atomic E-state index is 12.7. The van der Waals surface area contributed by atoms with Crippen molar-refractivity contribution in [1.29, 1.82) is 5.26 Å². The summed E-state index contributed by atoms with van der Waals surface area (Å²) in [7, 11) is 3.35. The number of nitriles is 1. The SMILES string of the molecule is Cc1c(/C=C2\SC(=S)N(C)C2=O)c(N2CCCC(C)C2)n(C)c(=O)c1C#N. The summed E-state index contributed by atoms with van der Waals surface area (Å²) in [6, 6.07) is 2.03. The van der Waals surface area contributed by atoms with Crippen molar-refractivity contribution in [2.75, 3.05) is 25.0 Å². The number of pyridine rings is 1. The molecule has 2 saturated heterocycles. The minimum atomic E-state index is -0.302. The zero-order chi connectivity index (χ0) is 19.9. The van der Waals surface area contributed by atoms with Gasteiger partial charge in [0.25, 0.3) is 11.5 Å². The third kappa shape index (κ3) is 3.42. The summed E-state index contributed by atoms with van der Waals surface area (Å²) in [6.07, 6.45) is 3.99. The largest absolute Gasteiger partial charge is 0.357 e. The summed E-state index contributed by atoms with van der Waals surface area (Å²) in [5, 5.41) is 9.49. The highest BCUT2D eigenvalue weighted by Crippen LogP contribution is 2.35. The Bertz CT molecular complexity index is 958. The normalized spacial score (nSPS) is 21.9. The topological polar surface area (TPSA) is 69.3 Å². The van der Waals surface area contributed by atoms with E-state index in [1.54, 1.807) is 31.7 Å². The van der Waals surface area contributed by atoms with Gasteiger partial charge in [-0.2, -0.15) is 5.26 Å². The molecule has 0 N–H and O–H groups in total. The van der Waals surface area contributed by atoms with Crippen molar-refractivity contribution in [3.8, 4) is 6.07 Å². The molecule has 0 radical (unpaired) electrons. The van der Waals surface area contributed by atoms with Crippen LogP contribution < -0.4 is 10.5 Å². The molecular weight excluding hydrogens is 380 g/mol. The lowest BCUT2D eigenvalue weighted by Crippen LogP contribution is -2.39. The molecular formula is C19H22N4O2S2. The van der Waals surface area contributed by atoms with Crippen molar-refractivity contribution in [3.05, 3.63) is 31.9 Å². The van der Waals surface area contributed by atoms with Crippen LogP contribution in [0.3, 0.4) is 0 Å². The molecule has 1 unspecified atom stereocenters. The first-order valence-corrected chi connectivity index (χ1v) is 10.1. The molecule has 2 fully saturated rings. The summed E-state index contributed by atoms with van der Waals surface area (Å²) in [4.78, 5) is 29.3. The monoisotopic (exact) mass is 402 g/mol. The van der Waals surface area contributed by atoms with E-state index in [-0.39, 0.29) is 17.0 Å². The predicted molar refractivity (Wildman–Crippen MR) is 113 cm³/mol. The number of likely N-dealkylation sites (N-methyl/N-ethyl adjacent to an activating group) is 1. The average Bonchev–Trinajstić information content (AvgIpc) is 2.87. The van der Waals surface area contributed by atoms with Crippen LogP contribution in [0.4, 0.5) is 5.82 Å². The summed E-state index contributed by atoms with van der Waals surface area (Å²) < 4.78 is 2.05. The van der Waals surface area contributed by atoms with Crippen LogP contribution in [-0.2, 0) is 11.8 Å². The van der Waals surface area contributed by atoms with Crippen LogP contribution in [0.25, 0.3) is 6.08 Å². The van der Waals surface area contributed by atoms with E-state index in [1.165, 1.54) is 16.7 Å². The van der Waals surface area contributed by atoms with E-state index in [1.807, 2.05) is 6.07 Å². The molecule has 1 aromatic rings. The zero-order valence-corrected chi connectivity index (χ0v) is 17.5. The van der Waals surface area contributed by atoms with Gasteiger partial charge in [-0.3, -0.25) is 19.1 Å². The van der Waals surface area contributed by atoms with Crippen LogP contribution in [0, 0.1) is 24.2 Å². The van der Waals surface area contributed by atoms with Gasteiger partial charge in [0.1, 0.15) is 21.8 Å². The first-order chi connectivity index (χ1) is 12.8. The lowest BCUT2D eigenvalue weighted by Gasteiger charge is -2.35. The van der Waals surface area contributed by atoms with Crippen molar-refractivity contribution in [1.82, 2.24) is 9.47 Å². The molecule has 3 heterocycles. The Balaban J connectivity index is 2.24. The second kappa shape index (κ2) is 7.49. The number of rotatable bonds is 2. The molecule has 2 aliphatic rings. The molecule has 6 nitrogen and oxygen atoms in total. The number of thiocarbonyl (C=S) groups is 1. The van der Waals surface area contributed by atoms with Gasteiger partial charge in [-0.25, -0.2) is 0 Å². The highest BCUT2D eigenvalue weighted by Gasteiger charge is 2.31. The summed E-state index contributed by atoms with van der Waals surface area (Å²) >= 11 is 6.47. The molecule has 0 aliphatic carbocycles. The molecule has 8 heteroatoms. The van der Waals surface area contributed by atoms with Crippen molar-refractivity contribution < 1.29 is 4.79 Å². The molecule has 142 valence electrons. The first-order valence-electron chi connectivity index (χ1n) is 8.86. The number of carbonyl (C=O) groups is 1. The molecule has 27 heavy (non-hydrogen) atoms. The van der Waals surface area contributed by atoms with Crippen molar-refractivity contribution in [2.45, 2.75) is 26.7 Å². The fraction of sp³-hybridized carbons (Fsp3) is 0.474. The minimum Gasteiger partial charge on any atom is -0.357 e. The smallest absolute Gasteiger partial charge is 0.270 e. The van der Waals surface area contributed by atoms with E-state index in [9.17, 15) is 14.9 Å². The number of anilines is 1. The summed E-state index contributed by atoms with van der Waals surface area (Å²) in [5.74, 6) is 1.13. The number of carbonyl (C=O) groups excluding carboxylic acids is 1. The molecule has 2 aliphatic heterocycles. The Morgan fingerprint density at radius 3 is 2.59 bits per heavy atom. The Labute approximate surface area is 168 Å². The van der Waals surface area contributed by atoms with Gasteiger partial charge in [0, 0.05) is 32.7 Å². The molecule has 3 rings (SSSR count). The Morgan fingerprint density at radius 1 is 1.33 bits per heavy atom. The third-order valence-corrected chi connectivity index (χ3v) is 6.67. The van der Waals surface area contributed by atoms with Crippen LogP contribution >= 0.6 is 24.0 Å². The standard InChI is InChI=1S/C19H22N4O2S2/c1-11-6-5-7-23(10-11)16-13(8-15-18(25)22(4)19(26)27-15)12(2)14(9-20)17(24)21(16)3/h8,11H,5-7,10H2,1-4H3/b15-8-. The maximum atomic E-state index is 12.7. The van der Waals surface area contributed by atoms with E-state index in [0.717, 1.165) is 37.3 Å². The lowest BCUT2D eigenvalue weighted by atomic mass is 9.98. The number of nitrogens with zero attached hydrogens (tertiary/aromatic N) is 4. The van der Waals surface area contributed by atoms with Crippen LogP contribution in [-0.4, -0.2) is 39.8 Å². The van der Waals surface area contributed by atoms with Crippen molar-refractivity contribution >= 4 is 46.1 Å². The third-order valence-electron chi connectivity index (χ3n) is 5.19. The molecule has 0 aromatic carbocycles. The number of aromatic nitrogens is 1. The highest BCUT2D eigenvalue weighted by atomic mass is 32.2. The average molecular weight is 403 g/mol. The van der Waals surface area contributed by atoms with Gasteiger partial charge in [-0.05, 0) is 37.3 Å². The first kappa shape index (κ1) is 19.6. The zero-order valence-electron chi connectivity index (χ0n) is 15.9. The van der Waals surface area contributed by atoms with Gasteiger partial charge in [0.05, 0.1) is 4.91 Å². The van der Waals surface area contributed by atoms with Crippen molar-refractivity contribution in [3.63, 3.8) is 0 Å². The quantitative estimate of drug-likeness (QED) is 0.560. The number of hydrogen-bond acceptors (Lipinski definition) is 6. The second-order valence-electron chi connectivity index (χ2n) is 7.15. The molecule has 1 atom stereocenters. The van der Waals surface area contributed by atoms with Crippen molar-refractivity contribution in [2.24, 2.45) is 13.0 Å². The highest BCUT2D eigenvalue weighted by molar-refractivity contribution is 8.26. The molecule has 0 spiro atoms. The van der Waals surface area contributed by atoms with Crippen LogP contribution in [0.1, 0.15) is 36.5 Å². The van der Waals surface area contributed by atoms with Gasteiger partial charge in [-0.15, -0.1) is 0 Å². The van der Waals surface area contributed by atoms with E-state index < -0.39 is 0 Å². The minimum absolute atomic E-state index is 0.115. The number of thioether (sulfide) groups is 1. The summed E-state index contributed by atoms with van der Waals surface area (Å²) in [6.45, 7) is 5.66. The van der Waals surface area contributed by atoms with Crippen LogP contribution in [0.15, 0.2) is 9.70 Å². The van der Waals surface area contributed by atoms with E-state index in [2.05, 4.69) is 11.8 Å². The van der Waals surface area contributed by atoms with E-state index >= 15 is 0 Å². The van der Waals surface area contributed by atoms with Gasteiger partial charge in [0.15, 0.2) is 0 Å². The number of hydrogen-bond donors (Lipinski definition) is 0. The Kier molecular flexibility index (Phi) is 5.45. The van der Waals surface area contributed by atoms with Gasteiger partial charge in [0.2, 0.25) is 0 Å². The summed E-state index contributed by atoms with van der Waals surface area (Å²) in [5.41, 5.74) is 1.17. The molecule has 1 amide bonds. The van der Waals surface area contributed by atoms with Gasteiger partial charge >= 0.3 is 0 Å². The lowest BCUT2D eigenvalue weighted by molar-refractivity contribution is -0.121. The molecule has 1 aromatic heterocycles. The molecule has 0 bridgehead atoms. The number of piperidine rings is 1. The number of amides is 1. The fourth-order valence-corrected chi connectivity index (χ4v) is 4.81. The predicted octanol–water partition coefficient (Wildman–Crippen LogP) is 2.63. The van der Waals surface area contributed by atoms with Crippen LogP contribution in [0.2, 0.25) is 0 Å². The van der Waals surface area contributed by atoms with Gasteiger partial charge < -0.3 is 4.90 Å².